The van der Waals surface area contributed by atoms with Crippen LogP contribution in [-0.4, -0.2) is 45.1 Å². The Morgan fingerprint density at radius 2 is 1.74 bits per heavy atom. The Morgan fingerprint density at radius 1 is 1.10 bits per heavy atom. The first-order valence-electron chi connectivity index (χ1n) is 10.8. The second kappa shape index (κ2) is 9.06. The standard InChI is InChI=1S/C23H28FN3O3S/c1-14(28)12-26(13-15(2)29)23-25-21-20(18-6-4-3-5-7-19(18)31-21)22(30)27(23)17-10-8-16(24)9-11-17/h8-11,14-15,28-29H,3-7,12-13H2,1-2H3. The van der Waals surface area contributed by atoms with Crippen molar-refractivity contribution in [2.45, 2.75) is 58.2 Å². The van der Waals surface area contributed by atoms with Crippen LogP contribution in [0.5, 0.6) is 0 Å². The first-order valence-corrected chi connectivity index (χ1v) is 11.6. The predicted octanol–water partition coefficient (Wildman–Crippen LogP) is 3.42. The summed E-state index contributed by atoms with van der Waals surface area (Å²) in [7, 11) is 0. The van der Waals surface area contributed by atoms with Gasteiger partial charge in [0.05, 0.1) is 23.3 Å². The molecule has 31 heavy (non-hydrogen) atoms. The van der Waals surface area contributed by atoms with Crippen molar-refractivity contribution in [3.63, 3.8) is 0 Å². The molecule has 0 amide bonds. The normalized spacial score (nSPS) is 16.0. The molecule has 2 atom stereocenters. The molecule has 4 rings (SSSR count). The van der Waals surface area contributed by atoms with Crippen LogP contribution in [0.1, 0.15) is 43.6 Å². The molecule has 0 saturated carbocycles. The molecule has 0 saturated heterocycles. The second-order valence-electron chi connectivity index (χ2n) is 8.38. The van der Waals surface area contributed by atoms with E-state index in [4.69, 9.17) is 4.98 Å². The van der Waals surface area contributed by atoms with Crippen molar-refractivity contribution in [2.24, 2.45) is 0 Å². The Hall–Kier alpha value is -2.29. The largest absolute Gasteiger partial charge is 0.392 e. The summed E-state index contributed by atoms with van der Waals surface area (Å²) in [5.41, 5.74) is 1.41. The van der Waals surface area contributed by atoms with Crippen LogP contribution in [-0.2, 0) is 12.8 Å². The van der Waals surface area contributed by atoms with E-state index >= 15 is 0 Å². The Bertz CT molecular complexity index is 1110. The molecule has 0 bridgehead atoms. The molecular weight excluding hydrogens is 417 g/mol. The number of thiophene rings is 1. The summed E-state index contributed by atoms with van der Waals surface area (Å²) in [4.78, 5) is 22.3. The van der Waals surface area contributed by atoms with Gasteiger partial charge in [0, 0.05) is 18.0 Å². The number of aliphatic hydroxyl groups is 2. The zero-order chi connectivity index (χ0) is 22.1. The number of anilines is 1. The number of rotatable bonds is 6. The summed E-state index contributed by atoms with van der Waals surface area (Å²) in [6.07, 6.45) is 3.74. The summed E-state index contributed by atoms with van der Waals surface area (Å²) in [6, 6.07) is 5.75. The summed E-state index contributed by atoms with van der Waals surface area (Å²) in [5.74, 6) is -0.0380. The number of nitrogens with zero attached hydrogens (tertiary/aromatic N) is 3. The molecule has 0 aliphatic heterocycles. The number of aryl methyl sites for hydroxylation is 2. The predicted molar refractivity (Wildman–Crippen MR) is 122 cm³/mol. The highest BCUT2D eigenvalue weighted by Gasteiger charge is 2.25. The molecule has 2 unspecified atom stereocenters. The summed E-state index contributed by atoms with van der Waals surface area (Å²) >= 11 is 1.57. The molecule has 8 heteroatoms. The number of aliphatic hydroxyl groups excluding tert-OH is 2. The molecular formula is C23H28FN3O3S. The molecule has 6 nitrogen and oxygen atoms in total. The lowest BCUT2D eigenvalue weighted by Crippen LogP contribution is -2.40. The van der Waals surface area contributed by atoms with Crippen molar-refractivity contribution >= 4 is 27.5 Å². The van der Waals surface area contributed by atoms with Crippen molar-refractivity contribution in [2.75, 3.05) is 18.0 Å². The maximum absolute atomic E-state index is 13.8. The maximum Gasteiger partial charge on any atom is 0.268 e. The summed E-state index contributed by atoms with van der Waals surface area (Å²) < 4.78 is 15.1. The lowest BCUT2D eigenvalue weighted by Gasteiger charge is -2.28. The molecule has 2 aromatic heterocycles. The Morgan fingerprint density at radius 3 is 2.39 bits per heavy atom. The first kappa shape index (κ1) is 21.9. The van der Waals surface area contributed by atoms with Gasteiger partial charge in [-0.2, -0.15) is 0 Å². The van der Waals surface area contributed by atoms with E-state index in [-0.39, 0.29) is 24.5 Å². The fourth-order valence-electron chi connectivity index (χ4n) is 4.28. The fraction of sp³-hybridized carbons (Fsp3) is 0.478. The summed E-state index contributed by atoms with van der Waals surface area (Å²) in [6.45, 7) is 3.72. The van der Waals surface area contributed by atoms with E-state index in [1.165, 1.54) is 21.6 Å². The smallest absolute Gasteiger partial charge is 0.268 e. The van der Waals surface area contributed by atoms with Gasteiger partial charge in [-0.3, -0.25) is 4.79 Å². The van der Waals surface area contributed by atoms with Crippen molar-refractivity contribution < 1.29 is 14.6 Å². The van der Waals surface area contributed by atoms with Crippen LogP contribution in [0.4, 0.5) is 10.3 Å². The highest BCUT2D eigenvalue weighted by atomic mass is 32.1. The third-order valence-corrected chi connectivity index (χ3v) is 6.74. The number of fused-ring (bicyclic) bond motifs is 3. The van der Waals surface area contributed by atoms with Gasteiger partial charge in [0.2, 0.25) is 5.95 Å². The van der Waals surface area contributed by atoms with E-state index in [9.17, 15) is 19.4 Å². The Balaban J connectivity index is 2.00. The molecule has 0 radical (unpaired) electrons. The second-order valence-corrected chi connectivity index (χ2v) is 9.46. The first-order chi connectivity index (χ1) is 14.8. The number of hydrogen-bond donors (Lipinski definition) is 2. The molecule has 0 fully saturated rings. The average molecular weight is 446 g/mol. The molecule has 3 aromatic rings. The van der Waals surface area contributed by atoms with Crippen molar-refractivity contribution in [1.29, 1.82) is 0 Å². The molecule has 1 aliphatic rings. The van der Waals surface area contributed by atoms with Gasteiger partial charge in [-0.25, -0.2) is 13.9 Å². The topological polar surface area (TPSA) is 78.6 Å². The number of benzene rings is 1. The Kier molecular flexibility index (Phi) is 6.41. The quantitative estimate of drug-likeness (QED) is 0.569. The van der Waals surface area contributed by atoms with Crippen LogP contribution in [0.3, 0.4) is 0 Å². The van der Waals surface area contributed by atoms with Crippen LogP contribution in [0.25, 0.3) is 15.9 Å². The van der Waals surface area contributed by atoms with E-state index in [0.29, 0.717) is 21.9 Å². The van der Waals surface area contributed by atoms with Crippen LogP contribution in [0, 0.1) is 5.82 Å². The molecule has 2 N–H and O–H groups in total. The van der Waals surface area contributed by atoms with E-state index < -0.39 is 12.2 Å². The van der Waals surface area contributed by atoms with Crippen LogP contribution in [0.15, 0.2) is 29.1 Å². The van der Waals surface area contributed by atoms with E-state index in [2.05, 4.69) is 0 Å². The Labute approximate surface area is 184 Å². The zero-order valence-corrected chi connectivity index (χ0v) is 18.7. The SMILES string of the molecule is CC(O)CN(CC(C)O)c1nc2sc3c(c2c(=O)n1-c1ccc(F)cc1)CCCCC3. The van der Waals surface area contributed by atoms with Gasteiger partial charge in [0.25, 0.3) is 5.56 Å². The molecule has 166 valence electrons. The van der Waals surface area contributed by atoms with Gasteiger partial charge in [-0.05, 0) is 69.4 Å². The minimum Gasteiger partial charge on any atom is -0.392 e. The maximum atomic E-state index is 13.8. The van der Waals surface area contributed by atoms with E-state index in [1.54, 1.807) is 42.2 Å². The average Bonchev–Trinajstić information content (AvgIpc) is 2.89. The fourth-order valence-corrected chi connectivity index (χ4v) is 5.53. The van der Waals surface area contributed by atoms with Gasteiger partial charge in [0.1, 0.15) is 10.6 Å². The summed E-state index contributed by atoms with van der Waals surface area (Å²) in [5, 5.41) is 20.8. The highest BCUT2D eigenvalue weighted by molar-refractivity contribution is 7.18. The van der Waals surface area contributed by atoms with Gasteiger partial charge in [0.15, 0.2) is 0 Å². The number of aromatic nitrogens is 2. The van der Waals surface area contributed by atoms with Gasteiger partial charge in [-0.15, -0.1) is 11.3 Å². The van der Waals surface area contributed by atoms with Crippen LogP contribution in [0.2, 0.25) is 0 Å². The van der Waals surface area contributed by atoms with Crippen molar-refractivity contribution in [1.82, 2.24) is 9.55 Å². The molecule has 1 aliphatic carbocycles. The highest BCUT2D eigenvalue weighted by Crippen LogP contribution is 2.34. The van der Waals surface area contributed by atoms with Crippen LogP contribution < -0.4 is 10.5 Å². The van der Waals surface area contributed by atoms with Gasteiger partial charge in [-0.1, -0.05) is 6.42 Å². The van der Waals surface area contributed by atoms with Crippen molar-refractivity contribution in [3.05, 3.63) is 50.9 Å². The number of hydrogen-bond acceptors (Lipinski definition) is 6. The van der Waals surface area contributed by atoms with E-state index in [1.807, 2.05) is 0 Å². The molecule has 2 heterocycles. The van der Waals surface area contributed by atoms with E-state index in [0.717, 1.165) is 37.7 Å². The monoisotopic (exact) mass is 445 g/mol. The lowest BCUT2D eigenvalue weighted by atomic mass is 10.1. The zero-order valence-electron chi connectivity index (χ0n) is 17.8. The van der Waals surface area contributed by atoms with Crippen molar-refractivity contribution in [3.8, 4) is 5.69 Å². The van der Waals surface area contributed by atoms with Gasteiger partial charge >= 0.3 is 0 Å². The van der Waals surface area contributed by atoms with Gasteiger partial charge < -0.3 is 15.1 Å². The molecule has 0 spiro atoms. The third-order valence-electron chi connectivity index (χ3n) is 5.56. The van der Waals surface area contributed by atoms with Crippen LogP contribution >= 0.6 is 11.3 Å². The lowest BCUT2D eigenvalue weighted by molar-refractivity contribution is 0.177. The molecule has 1 aromatic carbocycles. The minimum absolute atomic E-state index is 0.188. The number of halogens is 1. The minimum atomic E-state index is -0.687. The third kappa shape index (κ3) is 4.51.